The molecule has 0 saturated heterocycles. The minimum atomic E-state index is -0.290. The number of hydrogen-bond donors (Lipinski definition) is 2. The highest BCUT2D eigenvalue weighted by Gasteiger charge is 2.16. The molecule has 20 heavy (non-hydrogen) atoms. The van der Waals surface area contributed by atoms with E-state index in [1.807, 2.05) is 0 Å². The summed E-state index contributed by atoms with van der Waals surface area (Å²) in [5, 5.41) is 3.54. The fraction of sp³-hybridized carbons (Fsp3) is 0.562. The van der Waals surface area contributed by atoms with Gasteiger partial charge >= 0.3 is 5.97 Å². The van der Waals surface area contributed by atoms with E-state index in [4.69, 9.17) is 10.5 Å². The number of ether oxygens (including phenoxy) is 1. The Hall–Kier alpha value is -1.55. The van der Waals surface area contributed by atoms with Crippen LogP contribution in [-0.4, -0.2) is 24.7 Å². The second kappa shape index (κ2) is 7.29. The van der Waals surface area contributed by atoms with E-state index in [-0.39, 0.29) is 12.0 Å². The van der Waals surface area contributed by atoms with Crippen molar-refractivity contribution in [2.75, 3.05) is 12.3 Å². The fourth-order valence-corrected chi connectivity index (χ4v) is 2.62. The Bertz CT molecular complexity index is 425. The number of carbonyl (C=O) groups excluding carboxylic acids is 1. The standard InChI is InChI=1S/C16H24N2O2/c1-12(18-15-5-3-2-4-6-15)11-20-16(19)13-7-9-14(17)10-8-13/h7-10,12,15,18H,2-6,11,17H2,1H3/t12-/m0/s1. The molecule has 0 spiro atoms. The molecule has 110 valence electrons. The van der Waals surface area contributed by atoms with Gasteiger partial charge in [0.05, 0.1) is 5.56 Å². The van der Waals surface area contributed by atoms with Gasteiger partial charge in [-0.05, 0) is 44.0 Å². The highest BCUT2D eigenvalue weighted by molar-refractivity contribution is 5.89. The summed E-state index contributed by atoms with van der Waals surface area (Å²) in [5.41, 5.74) is 6.78. The third-order valence-corrected chi connectivity index (χ3v) is 3.74. The second-order valence-electron chi connectivity index (χ2n) is 5.62. The Morgan fingerprint density at radius 1 is 1.30 bits per heavy atom. The molecule has 1 saturated carbocycles. The van der Waals surface area contributed by atoms with Gasteiger partial charge in [-0.2, -0.15) is 0 Å². The summed E-state index contributed by atoms with van der Waals surface area (Å²) in [5.74, 6) is -0.290. The molecule has 0 heterocycles. The summed E-state index contributed by atoms with van der Waals surface area (Å²) in [6, 6.07) is 7.57. The molecule has 1 aromatic rings. The van der Waals surface area contributed by atoms with E-state index >= 15 is 0 Å². The van der Waals surface area contributed by atoms with Crippen LogP contribution in [0.15, 0.2) is 24.3 Å². The SMILES string of the molecule is C[C@@H](COC(=O)c1ccc(N)cc1)NC1CCCCC1. The quantitative estimate of drug-likeness (QED) is 0.641. The molecule has 4 nitrogen and oxygen atoms in total. The van der Waals surface area contributed by atoms with Gasteiger partial charge in [0.2, 0.25) is 0 Å². The predicted molar refractivity (Wildman–Crippen MR) is 80.6 cm³/mol. The van der Waals surface area contributed by atoms with E-state index in [1.165, 1.54) is 32.1 Å². The predicted octanol–water partition coefficient (Wildman–Crippen LogP) is 2.74. The molecule has 0 aromatic heterocycles. The summed E-state index contributed by atoms with van der Waals surface area (Å²) in [4.78, 5) is 11.9. The van der Waals surface area contributed by atoms with Gasteiger partial charge < -0.3 is 15.8 Å². The smallest absolute Gasteiger partial charge is 0.338 e. The van der Waals surface area contributed by atoms with Crippen molar-refractivity contribution in [3.8, 4) is 0 Å². The lowest BCUT2D eigenvalue weighted by Gasteiger charge is -2.26. The number of esters is 1. The molecule has 0 amide bonds. The molecule has 0 aliphatic heterocycles. The van der Waals surface area contributed by atoms with E-state index in [1.54, 1.807) is 24.3 Å². The van der Waals surface area contributed by atoms with Crippen LogP contribution in [0, 0.1) is 0 Å². The highest BCUT2D eigenvalue weighted by Crippen LogP contribution is 2.17. The van der Waals surface area contributed by atoms with Crippen molar-refractivity contribution in [2.45, 2.75) is 51.1 Å². The lowest BCUT2D eigenvalue weighted by molar-refractivity contribution is 0.0464. The van der Waals surface area contributed by atoms with Gasteiger partial charge in [-0.15, -0.1) is 0 Å². The largest absolute Gasteiger partial charge is 0.460 e. The maximum absolute atomic E-state index is 11.9. The topological polar surface area (TPSA) is 64.3 Å². The lowest BCUT2D eigenvalue weighted by atomic mass is 9.95. The monoisotopic (exact) mass is 276 g/mol. The molecule has 1 aliphatic carbocycles. The van der Waals surface area contributed by atoms with E-state index in [9.17, 15) is 4.79 Å². The van der Waals surface area contributed by atoms with Crippen molar-refractivity contribution < 1.29 is 9.53 Å². The van der Waals surface area contributed by atoms with Crippen LogP contribution < -0.4 is 11.1 Å². The van der Waals surface area contributed by atoms with E-state index in [0.717, 1.165) is 0 Å². The van der Waals surface area contributed by atoms with Gasteiger partial charge in [0.15, 0.2) is 0 Å². The molecular formula is C16H24N2O2. The Balaban J connectivity index is 1.73. The summed E-state index contributed by atoms with van der Waals surface area (Å²) >= 11 is 0. The van der Waals surface area contributed by atoms with Crippen molar-refractivity contribution in [2.24, 2.45) is 0 Å². The Labute approximate surface area is 120 Å². The molecule has 1 atom stereocenters. The van der Waals surface area contributed by atoms with E-state index in [0.29, 0.717) is 23.9 Å². The fourth-order valence-electron chi connectivity index (χ4n) is 2.62. The van der Waals surface area contributed by atoms with Gasteiger partial charge in [0.1, 0.15) is 6.61 Å². The number of nitrogens with two attached hydrogens (primary N) is 1. The van der Waals surface area contributed by atoms with Crippen LogP contribution in [-0.2, 0) is 4.74 Å². The molecule has 0 unspecified atom stereocenters. The van der Waals surface area contributed by atoms with Crippen LogP contribution in [0.3, 0.4) is 0 Å². The normalized spacial score (nSPS) is 17.6. The number of carbonyl (C=O) groups is 1. The number of nitrogen functional groups attached to an aromatic ring is 1. The zero-order valence-electron chi connectivity index (χ0n) is 12.1. The maximum Gasteiger partial charge on any atom is 0.338 e. The number of nitrogens with one attached hydrogen (secondary N) is 1. The molecule has 4 heteroatoms. The van der Waals surface area contributed by atoms with Crippen molar-refractivity contribution in [3.63, 3.8) is 0 Å². The van der Waals surface area contributed by atoms with Crippen LogP contribution in [0.2, 0.25) is 0 Å². The van der Waals surface area contributed by atoms with Crippen LogP contribution in [0.1, 0.15) is 49.4 Å². The molecule has 3 N–H and O–H groups in total. The molecular weight excluding hydrogens is 252 g/mol. The first kappa shape index (κ1) is 14.9. The highest BCUT2D eigenvalue weighted by atomic mass is 16.5. The van der Waals surface area contributed by atoms with Crippen molar-refractivity contribution in [1.29, 1.82) is 0 Å². The minimum absolute atomic E-state index is 0.191. The number of benzene rings is 1. The summed E-state index contributed by atoms with van der Waals surface area (Å²) in [6.45, 7) is 2.46. The minimum Gasteiger partial charge on any atom is -0.460 e. The number of anilines is 1. The van der Waals surface area contributed by atoms with Gasteiger partial charge in [0, 0.05) is 17.8 Å². The average molecular weight is 276 g/mol. The average Bonchev–Trinajstić information content (AvgIpc) is 2.46. The van der Waals surface area contributed by atoms with Crippen LogP contribution in [0.5, 0.6) is 0 Å². The third-order valence-electron chi connectivity index (χ3n) is 3.74. The van der Waals surface area contributed by atoms with Gasteiger partial charge in [-0.25, -0.2) is 4.79 Å². The van der Waals surface area contributed by atoms with Crippen LogP contribution in [0.4, 0.5) is 5.69 Å². The summed E-state index contributed by atoms with van der Waals surface area (Å²) < 4.78 is 5.33. The van der Waals surface area contributed by atoms with Gasteiger partial charge in [-0.1, -0.05) is 19.3 Å². The van der Waals surface area contributed by atoms with Crippen molar-refractivity contribution in [3.05, 3.63) is 29.8 Å². The molecule has 1 aromatic carbocycles. The number of hydrogen-bond acceptors (Lipinski definition) is 4. The Kier molecular flexibility index (Phi) is 5.41. The zero-order valence-corrected chi connectivity index (χ0v) is 12.1. The van der Waals surface area contributed by atoms with Crippen LogP contribution >= 0.6 is 0 Å². The van der Waals surface area contributed by atoms with Gasteiger partial charge in [0.25, 0.3) is 0 Å². The van der Waals surface area contributed by atoms with E-state index < -0.39 is 0 Å². The van der Waals surface area contributed by atoms with Gasteiger partial charge in [-0.3, -0.25) is 0 Å². The first-order chi connectivity index (χ1) is 9.65. The Morgan fingerprint density at radius 3 is 2.60 bits per heavy atom. The zero-order chi connectivity index (χ0) is 14.4. The summed E-state index contributed by atoms with van der Waals surface area (Å²) in [7, 11) is 0. The van der Waals surface area contributed by atoms with E-state index in [2.05, 4.69) is 12.2 Å². The first-order valence-electron chi connectivity index (χ1n) is 7.44. The molecule has 0 radical (unpaired) electrons. The van der Waals surface area contributed by atoms with Crippen LogP contribution in [0.25, 0.3) is 0 Å². The summed E-state index contributed by atoms with van der Waals surface area (Å²) in [6.07, 6.45) is 6.41. The Morgan fingerprint density at radius 2 is 1.95 bits per heavy atom. The molecule has 1 aliphatic rings. The molecule has 1 fully saturated rings. The van der Waals surface area contributed by atoms with Crippen molar-refractivity contribution in [1.82, 2.24) is 5.32 Å². The molecule has 0 bridgehead atoms. The maximum atomic E-state index is 11.9. The first-order valence-corrected chi connectivity index (χ1v) is 7.44. The lowest BCUT2D eigenvalue weighted by Crippen LogP contribution is -2.40. The second-order valence-corrected chi connectivity index (χ2v) is 5.62. The molecule has 2 rings (SSSR count). The van der Waals surface area contributed by atoms with Crippen molar-refractivity contribution >= 4 is 11.7 Å². The number of rotatable bonds is 5. The third kappa shape index (κ3) is 4.53.